The maximum Gasteiger partial charge on any atom is 0.401 e. The Balaban J connectivity index is 1.57. The first-order chi connectivity index (χ1) is 9.42. The first-order valence-corrected chi connectivity index (χ1v) is 7.61. The molecule has 0 saturated carbocycles. The quantitative estimate of drug-likeness (QED) is 0.834. The van der Waals surface area contributed by atoms with E-state index < -0.39 is 12.7 Å². The minimum Gasteiger partial charge on any atom is -0.316 e. The summed E-state index contributed by atoms with van der Waals surface area (Å²) in [6.45, 7) is 4.62. The van der Waals surface area contributed by atoms with E-state index in [4.69, 9.17) is 0 Å². The molecule has 2 saturated heterocycles. The smallest absolute Gasteiger partial charge is 0.316 e. The van der Waals surface area contributed by atoms with Crippen LogP contribution in [0.2, 0.25) is 0 Å². The molecule has 6 heteroatoms. The number of alkyl halides is 3. The van der Waals surface area contributed by atoms with Gasteiger partial charge in [-0.05, 0) is 70.9 Å². The molecule has 2 rings (SSSR count). The van der Waals surface area contributed by atoms with E-state index in [-0.39, 0.29) is 0 Å². The molecule has 0 amide bonds. The molecule has 2 aliphatic rings. The summed E-state index contributed by atoms with van der Waals surface area (Å²) in [6.07, 6.45) is -0.713. The van der Waals surface area contributed by atoms with Gasteiger partial charge in [0.1, 0.15) is 0 Å². The van der Waals surface area contributed by atoms with Gasteiger partial charge in [-0.25, -0.2) is 0 Å². The van der Waals surface area contributed by atoms with Gasteiger partial charge >= 0.3 is 6.18 Å². The molecule has 0 radical (unpaired) electrons. The van der Waals surface area contributed by atoms with Gasteiger partial charge in [0.2, 0.25) is 0 Å². The molecule has 0 bridgehead atoms. The molecule has 0 spiro atoms. The first-order valence-electron chi connectivity index (χ1n) is 7.61. The van der Waals surface area contributed by atoms with E-state index >= 15 is 0 Å². The summed E-state index contributed by atoms with van der Waals surface area (Å²) in [4.78, 5) is 3.88. The van der Waals surface area contributed by atoms with Crippen LogP contribution in [0.4, 0.5) is 13.2 Å². The monoisotopic (exact) mass is 293 g/mol. The van der Waals surface area contributed by atoms with Crippen molar-refractivity contribution in [1.82, 2.24) is 15.1 Å². The molecule has 1 atom stereocenters. The van der Waals surface area contributed by atoms with E-state index in [9.17, 15) is 13.2 Å². The van der Waals surface area contributed by atoms with Gasteiger partial charge in [-0.1, -0.05) is 0 Å². The Morgan fingerprint density at radius 2 is 1.60 bits per heavy atom. The second kappa shape index (κ2) is 7.09. The van der Waals surface area contributed by atoms with Crippen LogP contribution in [0, 0.1) is 11.8 Å². The summed E-state index contributed by atoms with van der Waals surface area (Å²) in [5, 5.41) is 3.47. The third-order valence-electron chi connectivity index (χ3n) is 4.48. The Kier molecular flexibility index (Phi) is 5.69. The van der Waals surface area contributed by atoms with Crippen LogP contribution >= 0.6 is 0 Å². The maximum atomic E-state index is 12.3. The molecule has 1 N–H and O–H groups in total. The lowest BCUT2D eigenvalue weighted by Crippen LogP contribution is -2.37. The molecule has 0 aliphatic carbocycles. The number of nitrogens with zero attached hydrogens (tertiary/aromatic N) is 2. The summed E-state index contributed by atoms with van der Waals surface area (Å²) in [6, 6.07) is 0. The topological polar surface area (TPSA) is 18.5 Å². The van der Waals surface area contributed by atoms with Gasteiger partial charge in [-0.15, -0.1) is 0 Å². The first kappa shape index (κ1) is 16.0. The van der Waals surface area contributed by atoms with Crippen LogP contribution in [0.25, 0.3) is 0 Å². The molecule has 0 aromatic rings. The normalized spacial score (nSPS) is 27.3. The summed E-state index contributed by atoms with van der Waals surface area (Å²) in [5.74, 6) is 1.11. The van der Waals surface area contributed by atoms with Crippen molar-refractivity contribution in [2.45, 2.75) is 25.4 Å². The third-order valence-corrected chi connectivity index (χ3v) is 4.48. The van der Waals surface area contributed by atoms with Gasteiger partial charge < -0.3 is 10.2 Å². The number of halogens is 3. The van der Waals surface area contributed by atoms with Crippen molar-refractivity contribution in [1.29, 1.82) is 0 Å². The molecule has 3 nitrogen and oxygen atoms in total. The van der Waals surface area contributed by atoms with E-state index in [0.717, 1.165) is 38.5 Å². The molecule has 118 valence electrons. The Morgan fingerprint density at radius 1 is 1.00 bits per heavy atom. The summed E-state index contributed by atoms with van der Waals surface area (Å²) >= 11 is 0. The van der Waals surface area contributed by atoms with Crippen molar-refractivity contribution >= 4 is 0 Å². The lowest BCUT2D eigenvalue weighted by Gasteiger charge is -2.29. The van der Waals surface area contributed by atoms with Gasteiger partial charge in [0.15, 0.2) is 0 Å². The number of rotatable bonds is 5. The number of piperidine rings is 1. The van der Waals surface area contributed by atoms with Crippen LogP contribution < -0.4 is 5.32 Å². The Hall–Kier alpha value is -0.330. The zero-order chi connectivity index (χ0) is 14.6. The van der Waals surface area contributed by atoms with Crippen LogP contribution in [0.15, 0.2) is 0 Å². The van der Waals surface area contributed by atoms with Crippen LogP contribution in [-0.2, 0) is 0 Å². The van der Waals surface area contributed by atoms with Gasteiger partial charge in [0, 0.05) is 6.54 Å². The number of hydrogen-bond acceptors (Lipinski definition) is 3. The van der Waals surface area contributed by atoms with E-state index in [1.54, 1.807) is 0 Å². The predicted molar refractivity (Wildman–Crippen MR) is 73.7 cm³/mol. The average Bonchev–Trinajstić information content (AvgIpc) is 2.77. The molecule has 0 aromatic heterocycles. The van der Waals surface area contributed by atoms with E-state index in [2.05, 4.69) is 17.3 Å². The highest BCUT2D eigenvalue weighted by Gasteiger charge is 2.34. The fourth-order valence-electron chi connectivity index (χ4n) is 3.23. The van der Waals surface area contributed by atoms with Crippen molar-refractivity contribution in [3.63, 3.8) is 0 Å². The fourth-order valence-corrected chi connectivity index (χ4v) is 3.23. The molecule has 2 heterocycles. The SMILES string of the molecule is CN1CCC(CNCC2CCN(CC(F)(F)F)C2)CC1. The second-order valence-electron chi connectivity index (χ2n) is 6.41. The molecule has 2 aliphatic heterocycles. The van der Waals surface area contributed by atoms with Crippen LogP contribution in [0.5, 0.6) is 0 Å². The molecule has 1 unspecified atom stereocenters. The Morgan fingerprint density at radius 3 is 2.25 bits per heavy atom. The van der Waals surface area contributed by atoms with E-state index in [1.807, 2.05) is 0 Å². The largest absolute Gasteiger partial charge is 0.401 e. The van der Waals surface area contributed by atoms with Crippen molar-refractivity contribution < 1.29 is 13.2 Å². The molecule has 2 fully saturated rings. The Labute approximate surface area is 119 Å². The van der Waals surface area contributed by atoms with Crippen LogP contribution in [0.1, 0.15) is 19.3 Å². The number of hydrogen-bond donors (Lipinski definition) is 1. The van der Waals surface area contributed by atoms with Gasteiger partial charge in [0.05, 0.1) is 6.54 Å². The molecule has 0 aromatic carbocycles. The predicted octanol–water partition coefficient (Wildman–Crippen LogP) is 1.80. The minimum absolute atomic E-state index is 0.378. The van der Waals surface area contributed by atoms with E-state index in [1.165, 1.54) is 17.7 Å². The van der Waals surface area contributed by atoms with Gasteiger partial charge in [0.25, 0.3) is 0 Å². The highest BCUT2D eigenvalue weighted by Crippen LogP contribution is 2.22. The minimum atomic E-state index is -4.06. The lowest BCUT2D eigenvalue weighted by atomic mass is 9.97. The average molecular weight is 293 g/mol. The van der Waals surface area contributed by atoms with Crippen molar-refractivity contribution in [3.05, 3.63) is 0 Å². The van der Waals surface area contributed by atoms with Crippen LogP contribution in [-0.4, -0.2) is 68.8 Å². The molecular weight excluding hydrogens is 267 g/mol. The summed E-state index contributed by atoms with van der Waals surface area (Å²) < 4.78 is 36.9. The molecule has 20 heavy (non-hydrogen) atoms. The van der Waals surface area contributed by atoms with Crippen LogP contribution in [0.3, 0.4) is 0 Å². The highest BCUT2D eigenvalue weighted by molar-refractivity contribution is 4.79. The number of nitrogens with one attached hydrogen (secondary N) is 1. The summed E-state index contributed by atoms with van der Waals surface area (Å²) in [7, 11) is 2.15. The summed E-state index contributed by atoms with van der Waals surface area (Å²) in [5.41, 5.74) is 0. The Bertz CT molecular complexity index is 288. The van der Waals surface area contributed by atoms with E-state index in [0.29, 0.717) is 19.0 Å². The highest BCUT2D eigenvalue weighted by atomic mass is 19.4. The maximum absolute atomic E-state index is 12.3. The zero-order valence-corrected chi connectivity index (χ0v) is 12.3. The number of likely N-dealkylation sites (tertiary alicyclic amines) is 2. The standard InChI is InChI=1S/C14H26F3N3/c1-19-5-2-12(3-6-19)8-18-9-13-4-7-20(10-13)11-14(15,16)17/h12-13,18H,2-11H2,1H3. The molecular formula is C14H26F3N3. The van der Waals surface area contributed by atoms with Crippen molar-refractivity contribution in [2.24, 2.45) is 11.8 Å². The fraction of sp³-hybridized carbons (Fsp3) is 1.00. The van der Waals surface area contributed by atoms with Gasteiger partial charge in [-0.2, -0.15) is 13.2 Å². The van der Waals surface area contributed by atoms with Crippen molar-refractivity contribution in [2.75, 3.05) is 52.9 Å². The lowest BCUT2D eigenvalue weighted by molar-refractivity contribution is -0.143. The van der Waals surface area contributed by atoms with Crippen molar-refractivity contribution in [3.8, 4) is 0 Å². The van der Waals surface area contributed by atoms with Gasteiger partial charge in [-0.3, -0.25) is 4.90 Å². The third kappa shape index (κ3) is 5.58. The zero-order valence-electron chi connectivity index (χ0n) is 12.3. The second-order valence-corrected chi connectivity index (χ2v) is 6.41.